The molecule has 0 spiro atoms. The highest BCUT2D eigenvalue weighted by Crippen LogP contribution is 2.36. The van der Waals surface area contributed by atoms with Crippen molar-refractivity contribution in [1.82, 2.24) is 4.90 Å². The Bertz CT molecular complexity index is 325. The monoisotopic (exact) mass is 241 g/mol. The highest BCUT2D eigenvalue weighted by Gasteiger charge is 2.25. The summed E-state index contributed by atoms with van der Waals surface area (Å²) in [5, 5.41) is 0. The summed E-state index contributed by atoms with van der Waals surface area (Å²) in [6.07, 6.45) is 0. The third-order valence-corrected chi connectivity index (χ3v) is 2.84. The van der Waals surface area contributed by atoms with Crippen LogP contribution in [0.15, 0.2) is 22.7 Å². The summed E-state index contributed by atoms with van der Waals surface area (Å²) >= 11 is 3.47. The molecule has 0 bridgehead atoms. The molecular weight excluding hydrogens is 230 g/mol. The number of hydrogen-bond acceptors (Lipinski definition) is 2. The Labute approximate surface area is 86.6 Å². The summed E-state index contributed by atoms with van der Waals surface area (Å²) in [4.78, 5) is 2.18. The lowest BCUT2D eigenvalue weighted by Crippen LogP contribution is -2.20. The van der Waals surface area contributed by atoms with E-state index in [0.29, 0.717) is 6.04 Å². The Kier molecular flexibility index (Phi) is 2.30. The van der Waals surface area contributed by atoms with Crippen molar-refractivity contribution in [2.45, 2.75) is 6.04 Å². The van der Waals surface area contributed by atoms with Gasteiger partial charge >= 0.3 is 0 Å². The van der Waals surface area contributed by atoms with E-state index in [1.807, 2.05) is 12.1 Å². The van der Waals surface area contributed by atoms with Gasteiger partial charge in [-0.1, -0.05) is 15.9 Å². The van der Waals surface area contributed by atoms with Crippen molar-refractivity contribution in [1.29, 1.82) is 0 Å². The molecule has 2 nitrogen and oxygen atoms in total. The molecule has 70 valence electrons. The third kappa shape index (κ3) is 1.58. The molecule has 0 aromatic heterocycles. The number of halogens is 1. The van der Waals surface area contributed by atoms with Crippen LogP contribution in [0.4, 0.5) is 0 Å². The number of nitrogens with zero attached hydrogens (tertiary/aromatic N) is 1. The third-order valence-electron chi connectivity index (χ3n) is 2.35. The molecule has 1 atom stereocenters. The number of hydrogen-bond donors (Lipinski definition) is 0. The SMILES string of the molecule is CN(C)C1COc2ccc(Br)cc21. The van der Waals surface area contributed by atoms with Gasteiger partial charge in [0, 0.05) is 10.0 Å². The average molecular weight is 242 g/mol. The van der Waals surface area contributed by atoms with Crippen molar-refractivity contribution < 1.29 is 4.74 Å². The zero-order valence-corrected chi connectivity index (χ0v) is 9.34. The highest BCUT2D eigenvalue weighted by atomic mass is 79.9. The lowest BCUT2D eigenvalue weighted by molar-refractivity contribution is 0.227. The van der Waals surface area contributed by atoms with Gasteiger partial charge in [0.05, 0.1) is 6.04 Å². The first-order chi connectivity index (χ1) is 6.18. The minimum absolute atomic E-state index is 0.396. The molecule has 1 aromatic carbocycles. The fourth-order valence-electron chi connectivity index (χ4n) is 1.60. The average Bonchev–Trinajstić information content (AvgIpc) is 2.46. The summed E-state index contributed by atoms with van der Waals surface area (Å²) in [6, 6.07) is 6.56. The smallest absolute Gasteiger partial charge is 0.124 e. The van der Waals surface area contributed by atoms with Crippen LogP contribution in [-0.2, 0) is 0 Å². The lowest BCUT2D eigenvalue weighted by Gasteiger charge is -2.17. The quantitative estimate of drug-likeness (QED) is 0.749. The van der Waals surface area contributed by atoms with Crippen LogP contribution in [0.2, 0.25) is 0 Å². The van der Waals surface area contributed by atoms with Crippen molar-refractivity contribution in [2.24, 2.45) is 0 Å². The van der Waals surface area contributed by atoms with Crippen LogP contribution in [-0.4, -0.2) is 25.6 Å². The first kappa shape index (κ1) is 9.03. The summed E-state index contributed by atoms with van der Waals surface area (Å²) in [5.41, 5.74) is 1.28. The second-order valence-corrected chi connectivity index (χ2v) is 4.39. The second kappa shape index (κ2) is 3.31. The molecule has 0 saturated heterocycles. The maximum absolute atomic E-state index is 5.56. The largest absolute Gasteiger partial charge is 0.491 e. The van der Waals surface area contributed by atoms with Crippen LogP contribution < -0.4 is 4.74 Å². The van der Waals surface area contributed by atoms with Gasteiger partial charge in [-0.05, 0) is 32.3 Å². The summed E-state index contributed by atoms with van der Waals surface area (Å²) in [6.45, 7) is 0.763. The summed E-state index contributed by atoms with van der Waals surface area (Å²) in [5.74, 6) is 1.02. The van der Waals surface area contributed by atoms with Crippen molar-refractivity contribution in [3.63, 3.8) is 0 Å². The molecule has 13 heavy (non-hydrogen) atoms. The molecule has 2 rings (SSSR count). The van der Waals surface area contributed by atoms with E-state index in [4.69, 9.17) is 4.74 Å². The Morgan fingerprint density at radius 2 is 2.23 bits per heavy atom. The van der Waals surface area contributed by atoms with Gasteiger partial charge in [0.25, 0.3) is 0 Å². The number of rotatable bonds is 1. The van der Waals surface area contributed by atoms with Gasteiger partial charge in [0.2, 0.25) is 0 Å². The molecule has 0 amide bonds. The maximum Gasteiger partial charge on any atom is 0.124 e. The van der Waals surface area contributed by atoms with E-state index in [9.17, 15) is 0 Å². The van der Waals surface area contributed by atoms with Gasteiger partial charge in [0.1, 0.15) is 12.4 Å². The van der Waals surface area contributed by atoms with E-state index in [1.54, 1.807) is 0 Å². The lowest BCUT2D eigenvalue weighted by atomic mass is 10.1. The molecule has 0 fully saturated rings. The van der Waals surface area contributed by atoms with Crippen molar-refractivity contribution >= 4 is 15.9 Å². The number of likely N-dealkylation sites (N-methyl/N-ethyl adjacent to an activating group) is 1. The first-order valence-electron chi connectivity index (χ1n) is 4.27. The van der Waals surface area contributed by atoms with Gasteiger partial charge < -0.3 is 4.74 Å². The normalized spacial score (nSPS) is 20.2. The maximum atomic E-state index is 5.56. The Hall–Kier alpha value is -0.540. The van der Waals surface area contributed by atoms with Crippen LogP contribution in [0.5, 0.6) is 5.75 Å². The van der Waals surface area contributed by atoms with E-state index in [1.165, 1.54) is 5.56 Å². The molecule has 0 saturated carbocycles. The zero-order chi connectivity index (χ0) is 9.42. The fourth-order valence-corrected chi connectivity index (χ4v) is 1.98. The molecule has 1 aliphatic heterocycles. The predicted octanol–water partition coefficient (Wildman–Crippen LogP) is 2.44. The van der Waals surface area contributed by atoms with Gasteiger partial charge in [-0.15, -0.1) is 0 Å². The van der Waals surface area contributed by atoms with E-state index < -0.39 is 0 Å². The number of benzene rings is 1. The number of fused-ring (bicyclic) bond motifs is 1. The van der Waals surface area contributed by atoms with Crippen LogP contribution in [0.3, 0.4) is 0 Å². The summed E-state index contributed by atoms with van der Waals surface area (Å²) < 4.78 is 6.68. The van der Waals surface area contributed by atoms with Gasteiger partial charge in [0.15, 0.2) is 0 Å². The van der Waals surface area contributed by atoms with Gasteiger partial charge in [-0.25, -0.2) is 0 Å². The molecule has 3 heteroatoms. The zero-order valence-electron chi connectivity index (χ0n) is 7.75. The van der Waals surface area contributed by atoms with Crippen molar-refractivity contribution in [2.75, 3.05) is 20.7 Å². The topological polar surface area (TPSA) is 12.5 Å². The Morgan fingerprint density at radius 1 is 1.46 bits per heavy atom. The van der Waals surface area contributed by atoms with Crippen LogP contribution in [0.25, 0.3) is 0 Å². The first-order valence-corrected chi connectivity index (χ1v) is 5.06. The van der Waals surface area contributed by atoms with Crippen molar-refractivity contribution in [3.05, 3.63) is 28.2 Å². The van der Waals surface area contributed by atoms with Gasteiger partial charge in [-0.2, -0.15) is 0 Å². The summed E-state index contributed by atoms with van der Waals surface area (Å²) in [7, 11) is 4.15. The van der Waals surface area contributed by atoms with Gasteiger partial charge in [-0.3, -0.25) is 4.90 Å². The Balaban J connectivity index is 2.40. The van der Waals surface area contributed by atoms with E-state index in [2.05, 4.69) is 41.0 Å². The van der Waals surface area contributed by atoms with Crippen LogP contribution in [0, 0.1) is 0 Å². The molecule has 1 aromatic rings. The molecule has 0 N–H and O–H groups in total. The molecular formula is C10H12BrNO. The highest BCUT2D eigenvalue weighted by molar-refractivity contribution is 9.10. The molecule has 1 heterocycles. The minimum atomic E-state index is 0.396. The van der Waals surface area contributed by atoms with E-state index >= 15 is 0 Å². The van der Waals surface area contributed by atoms with E-state index in [-0.39, 0.29) is 0 Å². The molecule has 0 radical (unpaired) electrons. The fraction of sp³-hybridized carbons (Fsp3) is 0.400. The van der Waals surface area contributed by atoms with Crippen LogP contribution >= 0.6 is 15.9 Å². The van der Waals surface area contributed by atoms with Crippen molar-refractivity contribution in [3.8, 4) is 5.75 Å². The van der Waals surface area contributed by atoms with E-state index in [0.717, 1.165) is 16.8 Å². The minimum Gasteiger partial charge on any atom is -0.491 e. The standard InChI is InChI=1S/C10H12BrNO/c1-12(2)9-6-13-10-4-3-7(11)5-8(9)10/h3-5,9H,6H2,1-2H3. The molecule has 1 aliphatic rings. The van der Waals surface area contributed by atoms with Crippen LogP contribution in [0.1, 0.15) is 11.6 Å². The molecule has 0 aliphatic carbocycles. The Morgan fingerprint density at radius 3 is 2.92 bits per heavy atom. The molecule has 1 unspecified atom stereocenters. The predicted molar refractivity (Wildman–Crippen MR) is 56.1 cm³/mol. The number of ether oxygens (including phenoxy) is 1. The second-order valence-electron chi connectivity index (χ2n) is 3.47.